The molecule has 0 saturated carbocycles. The number of halogens is 1. The van der Waals surface area contributed by atoms with Crippen molar-refractivity contribution in [2.45, 2.75) is 25.9 Å². The van der Waals surface area contributed by atoms with Crippen LogP contribution in [0, 0.1) is 5.82 Å². The zero-order valence-electron chi connectivity index (χ0n) is 22.4. The van der Waals surface area contributed by atoms with Gasteiger partial charge in [0.05, 0.1) is 25.3 Å². The number of hydrogen-bond acceptors (Lipinski definition) is 7. The Hall–Kier alpha value is -3.75. The fourth-order valence-electron chi connectivity index (χ4n) is 4.29. The Morgan fingerprint density at radius 2 is 1.18 bits per heavy atom. The minimum Gasteiger partial charge on any atom is -0.465 e. The molecule has 1 saturated heterocycles. The summed E-state index contributed by atoms with van der Waals surface area (Å²) in [6.45, 7) is 7.79. The molecule has 1 heterocycles. The van der Waals surface area contributed by atoms with E-state index >= 15 is 0 Å². The van der Waals surface area contributed by atoms with Gasteiger partial charge < -0.3 is 20.1 Å². The molecular weight excluding hydrogens is 485 g/mol. The molecule has 0 aliphatic carbocycles. The highest BCUT2D eigenvalue weighted by Crippen LogP contribution is 2.24. The highest BCUT2D eigenvalue weighted by Gasteiger charge is 2.22. The van der Waals surface area contributed by atoms with Gasteiger partial charge in [0.2, 0.25) is 0 Å². The van der Waals surface area contributed by atoms with Crippen LogP contribution in [-0.4, -0.2) is 57.2 Å². The Balaban J connectivity index is 0.000000260. The van der Waals surface area contributed by atoms with Crippen LogP contribution in [0.2, 0.25) is 0 Å². The highest BCUT2D eigenvalue weighted by molar-refractivity contribution is 5.89. The number of methoxy groups -OCH3 is 2. The summed E-state index contributed by atoms with van der Waals surface area (Å²) < 4.78 is 22.4. The Kier molecular flexibility index (Phi) is 10.4. The van der Waals surface area contributed by atoms with Crippen molar-refractivity contribution in [3.8, 4) is 0 Å². The van der Waals surface area contributed by atoms with Crippen LogP contribution in [0.1, 0.15) is 57.8 Å². The molecule has 0 spiro atoms. The van der Waals surface area contributed by atoms with E-state index in [0.717, 1.165) is 37.4 Å². The molecule has 0 bridgehead atoms. The number of esters is 2. The van der Waals surface area contributed by atoms with Gasteiger partial charge in [-0.25, -0.2) is 14.0 Å². The molecule has 0 unspecified atom stereocenters. The maximum atomic E-state index is 13.1. The third kappa shape index (κ3) is 7.63. The average molecular weight is 522 g/mol. The first-order valence-electron chi connectivity index (χ1n) is 12.6. The van der Waals surface area contributed by atoms with Crippen LogP contribution in [0.25, 0.3) is 0 Å². The lowest BCUT2D eigenvalue weighted by Crippen LogP contribution is -2.47. The van der Waals surface area contributed by atoms with E-state index < -0.39 is 0 Å². The number of piperazine rings is 1. The summed E-state index contributed by atoms with van der Waals surface area (Å²) >= 11 is 0. The lowest BCUT2D eigenvalue weighted by Gasteiger charge is -2.39. The first-order valence-corrected chi connectivity index (χ1v) is 12.6. The van der Waals surface area contributed by atoms with E-state index in [1.54, 1.807) is 12.1 Å². The van der Waals surface area contributed by atoms with Gasteiger partial charge in [0.15, 0.2) is 0 Å². The molecule has 0 aromatic heterocycles. The topological polar surface area (TPSA) is 85.1 Å². The van der Waals surface area contributed by atoms with Crippen LogP contribution in [0.4, 0.5) is 10.1 Å². The van der Waals surface area contributed by atoms with Crippen LogP contribution in [0.15, 0.2) is 72.8 Å². The lowest BCUT2D eigenvalue weighted by atomic mass is 10.0. The fraction of sp³-hybridized carbons (Fsp3) is 0.333. The number of nitrogens with two attached hydrogens (primary N) is 1. The van der Waals surface area contributed by atoms with Gasteiger partial charge in [-0.1, -0.05) is 24.3 Å². The first-order chi connectivity index (χ1) is 18.2. The van der Waals surface area contributed by atoms with E-state index in [2.05, 4.69) is 21.5 Å². The van der Waals surface area contributed by atoms with E-state index in [-0.39, 0.29) is 29.8 Å². The van der Waals surface area contributed by atoms with E-state index in [1.165, 1.54) is 31.9 Å². The molecular formula is C30H36FN3O4. The average Bonchev–Trinajstić information content (AvgIpc) is 2.97. The van der Waals surface area contributed by atoms with Crippen LogP contribution in [-0.2, 0) is 9.47 Å². The number of hydrogen-bond donors (Lipinski definition) is 1. The number of benzene rings is 3. The number of carbonyl (C=O) groups is 2. The van der Waals surface area contributed by atoms with Gasteiger partial charge in [0.1, 0.15) is 5.82 Å². The second-order valence-electron chi connectivity index (χ2n) is 9.19. The molecule has 8 heteroatoms. The van der Waals surface area contributed by atoms with Crippen molar-refractivity contribution < 1.29 is 23.5 Å². The molecule has 2 atom stereocenters. The highest BCUT2D eigenvalue weighted by atomic mass is 19.1. The minimum atomic E-state index is -0.323. The van der Waals surface area contributed by atoms with Gasteiger partial charge in [-0.2, -0.15) is 0 Å². The van der Waals surface area contributed by atoms with Crippen molar-refractivity contribution in [3.05, 3.63) is 101 Å². The van der Waals surface area contributed by atoms with E-state index in [9.17, 15) is 14.0 Å². The maximum Gasteiger partial charge on any atom is 0.337 e. The molecule has 3 aromatic carbocycles. The number of carbonyl (C=O) groups excluding carboxylic acids is 2. The van der Waals surface area contributed by atoms with Gasteiger partial charge in [-0.3, -0.25) is 4.90 Å². The zero-order chi connectivity index (χ0) is 27.7. The van der Waals surface area contributed by atoms with Crippen molar-refractivity contribution in [2.24, 2.45) is 5.73 Å². The molecule has 0 radical (unpaired) electrons. The van der Waals surface area contributed by atoms with Crippen molar-refractivity contribution >= 4 is 17.6 Å². The minimum absolute atomic E-state index is 0.00769. The summed E-state index contributed by atoms with van der Waals surface area (Å²) in [5.74, 6) is -0.838. The van der Waals surface area contributed by atoms with Gasteiger partial charge >= 0.3 is 11.9 Å². The molecule has 1 aliphatic rings. The van der Waals surface area contributed by atoms with E-state index in [4.69, 9.17) is 10.5 Å². The molecule has 0 amide bonds. The summed E-state index contributed by atoms with van der Waals surface area (Å²) in [7, 11) is 2.75. The standard InChI is InChI=1S/C20H23FN2O2.C10H13NO2/c1-15(16-3-5-17(6-4-16)20(24)25-2)22-11-13-23(14-12-22)19-9-7-18(21)8-10-19;1-7(11)8-3-5-9(6-4-8)10(12)13-2/h3-10,15H,11-14H2,1-2H3;3-7H,11H2,1-2H3/t15-;7-/m00/s1. The molecule has 1 fully saturated rings. The van der Waals surface area contributed by atoms with Gasteiger partial charge in [-0.05, 0) is 73.5 Å². The smallest absolute Gasteiger partial charge is 0.337 e. The summed E-state index contributed by atoms with van der Waals surface area (Å²) in [5.41, 5.74) is 10.0. The molecule has 202 valence electrons. The maximum absolute atomic E-state index is 13.1. The lowest BCUT2D eigenvalue weighted by molar-refractivity contribution is 0.0592. The third-order valence-electron chi connectivity index (χ3n) is 6.73. The molecule has 3 aromatic rings. The van der Waals surface area contributed by atoms with E-state index in [1.807, 2.05) is 55.5 Å². The Bertz CT molecular complexity index is 1170. The van der Waals surface area contributed by atoms with Gasteiger partial charge in [0, 0.05) is 44.0 Å². The predicted octanol–water partition coefficient (Wildman–Crippen LogP) is 4.99. The Morgan fingerprint density at radius 3 is 1.61 bits per heavy atom. The van der Waals surface area contributed by atoms with Gasteiger partial charge in [0.25, 0.3) is 0 Å². The predicted molar refractivity (Wildman–Crippen MR) is 147 cm³/mol. The number of rotatable bonds is 6. The molecule has 1 aliphatic heterocycles. The molecule has 7 nitrogen and oxygen atoms in total. The van der Waals surface area contributed by atoms with Crippen LogP contribution >= 0.6 is 0 Å². The van der Waals surface area contributed by atoms with Crippen LogP contribution < -0.4 is 10.6 Å². The third-order valence-corrected chi connectivity index (χ3v) is 6.73. The van der Waals surface area contributed by atoms with Crippen molar-refractivity contribution in [1.82, 2.24) is 4.90 Å². The summed E-state index contributed by atoms with van der Waals surface area (Å²) in [5, 5.41) is 0. The van der Waals surface area contributed by atoms with Crippen molar-refractivity contribution in [3.63, 3.8) is 0 Å². The normalized spacial score (nSPS) is 15.1. The largest absolute Gasteiger partial charge is 0.465 e. The fourth-order valence-corrected chi connectivity index (χ4v) is 4.29. The van der Waals surface area contributed by atoms with Crippen molar-refractivity contribution in [2.75, 3.05) is 45.3 Å². The molecule has 38 heavy (non-hydrogen) atoms. The first kappa shape index (κ1) is 28.8. The van der Waals surface area contributed by atoms with Gasteiger partial charge in [-0.15, -0.1) is 0 Å². The van der Waals surface area contributed by atoms with Crippen molar-refractivity contribution in [1.29, 1.82) is 0 Å². The zero-order valence-corrected chi connectivity index (χ0v) is 22.4. The molecule has 4 rings (SSSR count). The summed E-state index contributed by atoms with van der Waals surface area (Å²) in [6.07, 6.45) is 0. The van der Waals surface area contributed by atoms with Crippen LogP contribution in [0.3, 0.4) is 0 Å². The number of nitrogens with zero attached hydrogens (tertiary/aromatic N) is 2. The second-order valence-corrected chi connectivity index (χ2v) is 9.19. The van der Waals surface area contributed by atoms with E-state index in [0.29, 0.717) is 11.1 Å². The second kappa shape index (κ2) is 13.7. The SMILES string of the molecule is COC(=O)c1ccc([C@H](C)N)cc1.COC(=O)c1ccc([C@H](C)N2CCN(c3ccc(F)cc3)CC2)cc1. The Morgan fingerprint density at radius 1 is 0.737 bits per heavy atom. The monoisotopic (exact) mass is 521 g/mol. The summed E-state index contributed by atoms with van der Waals surface area (Å²) in [6, 6.07) is 21.6. The Labute approximate surface area is 224 Å². The molecule has 2 N–H and O–H groups in total. The summed E-state index contributed by atoms with van der Waals surface area (Å²) in [4.78, 5) is 27.3. The number of ether oxygens (including phenoxy) is 2. The number of anilines is 1. The quantitative estimate of drug-likeness (QED) is 0.458. The van der Waals surface area contributed by atoms with Crippen LogP contribution in [0.5, 0.6) is 0 Å².